The third kappa shape index (κ3) is 4.43. The lowest BCUT2D eigenvalue weighted by Gasteiger charge is -2.31. The Morgan fingerprint density at radius 2 is 1.50 bits per heavy atom. The summed E-state index contributed by atoms with van der Waals surface area (Å²) in [6, 6.07) is 0.549. The molecule has 0 amide bonds. The van der Waals surface area contributed by atoms with Gasteiger partial charge in [0.25, 0.3) is 0 Å². The van der Waals surface area contributed by atoms with Crippen LogP contribution in [-0.4, -0.2) is 35.2 Å². The molecule has 2 unspecified atom stereocenters. The average molecular weight is 199 g/mol. The van der Waals surface area contributed by atoms with Crippen molar-refractivity contribution >= 4 is 0 Å². The third-order valence-electron chi connectivity index (χ3n) is 3.20. The Morgan fingerprint density at radius 1 is 1.00 bits per heavy atom. The van der Waals surface area contributed by atoms with Crippen molar-refractivity contribution in [2.75, 3.05) is 13.1 Å². The van der Waals surface area contributed by atoms with E-state index in [1.54, 1.807) is 0 Å². The summed E-state index contributed by atoms with van der Waals surface area (Å²) in [6.07, 6.45) is 7.62. The van der Waals surface area contributed by atoms with E-state index in [4.69, 9.17) is 0 Å². The van der Waals surface area contributed by atoms with Crippen LogP contribution in [0.2, 0.25) is 0 Å². The molecule has 84 valence electrons. The Hall–Kier alpha value is -0.0800. The molecule has 2 atom stereocenters. The highest BCUT2D eigenvalue weighted by Gasteiger charge is 2.16. The van der Waals surface area contributed by atoms with Gasteiger partial charge in [-0.2, -0.15) is 0 Å². The molecule has 0 aromatic carbocycles. The lowest BCUT2D eigenvalue weighted by Crippen LogP contribution is -2.37. The molecule has 1 saturated heterocycles. The molecule has 0 aromatic rings. The summed E-state index contributed by atoms with van der Waals surface area (Å²) < 4.78 is 0. The third-order valence-corrected chi connectivity index (χ3v) is 3.20. The van der Waals surface area contributed by atoms with Gasteiger partial charge in [0, 0.05) is 6.04 Å². The first-order valence-electron chi connectivity index (χ1n) is 6.12. The Morgan fingerprint density at radius 3 is 2.00 bits per heavy atom. The fourth-order valence-corrected chi connectivity index (χ4v) is 2.36. The molecule has 1 heterocycles. The highest BCUT2D eigenvalue weighted by Crippen LogP contribution is 2.15. The molecule has 1 aliphatic heterocycles. The minimum atomic E-state index is -0.157. The summed E-state index contributed by atoms with van der Waals surface area (Å²) in [5.74, 6) is 0. The summed E-state index contributed by atoms with van der Waals surface area (Å²) in [5, 5.41) is 9.35. The highest BCUT2D eigenvalue weighted by atomic mass is 16.3. The van der Waals surface area contributed by atoms with Gasteiger partial charge in [-0.25, -0.2) is 0 Å². The van der Waals surface area contributed by atoms with Crippen molar-refractivity contribution in [3.05, 3.63) is 0 Å². The predicted molar refractivity (Wildman–Crippen MR) is 60.4 cm³/mol. The summed E-state index contributed by atoms with van der Waals surface area (Å²) in [6.45, 7) is 6.59. The van der Waals surface area contributed by atoms with Crippen molar-refractivity contribution in [3.63, 3.8) is 0 Å². The van der Waals surface area contributed by atoms with Gasteiger partial charge in [-0.15, -0.1) is 0 Å². The number of rotatable bonds is 3. The van der Waals surface area contributed by atoms with E-state index in [-0.39, 0.29) is 6.10 Å². The molecule has 0 radical (unpaired) electrons. The molecule has 1 fully saturated rings. The maximum atomic E-state index is 9.35. The van der Waals surface area contributed by atoms with Crippen LogP contribution in [0, 0.1) is 0 Å². The van der Waals surface area contributed by atoms with E-state index < -0.39 is 0 Å². The largest absolute Gasteiger partial charge is 0.393 e. The van der Waals surface area contributed by atoms with E-state index >= 15 is 0 Å². The molecule has 0 bridgehead atoms. The van der Waals surface area contributed by atoms with Crippen LogP contribution in [0.3, 0.4) is 0 Å². The quantitative estimate of drug-likeness (QED) is 0.754. The normalized spacial score (nSPS) is 25.1. The van der Waals surface area contributed by atoms with E-state index in [2.05, 4.69) is 11.8 Å². The first kappa shape index (κ1) is 12.0. The molecular formula is C12H25NO. The van der Waals surface area contributed by atoms with Gasteiger partial charge >= 0.3 is 0 Å². The van der Waals surface area contributed by atoms with Gasteiger partial charge in [0.15, 0.2) is 0 Å². The molecule has 0 aliphatic carbocycles. The molecule has 0 spiro atoms. The Labute approximate surface area is 88.3 Å². The minimum Gasteiger partial charge on any atom is -0.393 e. The zero-order chi connectivity index (χ0) is 10.4. The number of aliphatic hydroxyl groups excluding tert-OH is 1. The SMILES string of the molecule is CC(O)CC(C)N1CCCCCCC1. The zero-order valence-electron chi connectivity index (χ0n) is 9.71. The topological polar surface area (TPSA) is 23.5 Å². The fourth-order valence-electron chi connectivity index (χ4n) is 2.36. The van der Waals surface area contributed by atoms with Gasteiger partial charge in [-0.05, 0) is 46.2 Å². The fraction of sp³-hybridized carbons (Fsp3) is 1.00. The average Bonchev–Trinajstić information content (AvgIpc) is 2.00. The molecule has 2 nitrogen and oxygen atoms in total. The van der Waals surface area contributed by atoms with Crippen molar-refractivity contribution in [1.29, 1.82) is 0 Å². The molecule has 2 heteroatoms. The first-order chi connectivity index (χ1) is 6.70. The monoisotopic (exact) mass is 199 g/mol. The van der Waals surface area contributed by atoms with Gasteiger partial charge < -0.3 is 10.0 Å². The maximum absolute atomic E-state index is 9.35. The standard InChI is InChI=1S/C12H25NO/c1-11(10-12(2)14)13-8-6-4-3-5-7-9-13/h11-12,14H,3-10H2,1-2H3. The van der Waals surface area contributed by atoms with E-state index in [1.165, 1.54) is 45.2 Å². The van der Waals surface area contributed by atoms with E-state index in [0.29, 0.717) is 6.04 Å². The van der Waals surface area contributed by atoms with E-state index in [9.17, 15) is 5.11 Å². The van der Waals surface area contributed by atoms with Crippen LogP contribution < -0.4 is 0 Å². The second-order valence-electron chi connectivity index (χ2n) is 4.74. The molecule has 14 heavy (non-hydrogen) atoms. The maximum Gasteiger partial charge on any atom is 0.0526 e. The smallest absolute Gasteiger partial charge is 0.0526 e. The van der Waals surface area contributed by atoms with Crippen molar-refractivity contribution in [3.8, 4) is 0 Å². The molecule has 0 saturated carbocycles. The number of likely N-dealkylation sites (tertiary alicyclic amines) is 1. The van der Waals surface area contributed by atoms with Gasteiger partial charge in [0.05, 0.1) is 6.10 Å². The summed E-state index contributed by atoms with van der Waals surface area (Å²) in [7, 11) is 0. The lowest BCUT2D eigenvalue weighted by atomic mass is 10.0. The van der Waals surface area contributed by atoms with Crippen LogP contribution in [0.5, 0.6) is 0 Å². The molecule has 1 rings (SSSR count). The Bertz CT molecular complexity index is 139. The van der Waals surface area contributed by atoms with Crippen LogP contribution in [0.1, 0.15) is 52.4 Å². The van der Waals surface area contributed by atoms with Gasteiger partial charge in [-0.1, -0.05) is 19.3 Å². The van der Waals surface area contributed by atoms with Crippen molar-refractivity contribution in [2.45, 2.75) is 64.5 Å². The van der Waals surface area contributed by atoms with E-state index in [1.807, 2.05) is 6.92 Å². The molecular weight excluding hydrogens is 174 g/mol. The predicted octanol–water partition coefficient (Wildman–Crippen LogP) is 2.41. The van der Waals surface area contributed by atoms with Crippen molar-refractivity contribution in [1.82, 2.24) is 4.90 Å². The second-order valence-corrected chi connectivity index (χ2v) is 4.74. The number of nitrogens with zero attached hydrogens (tertiary/aromatic N) is 1. The number of hydrogen-bond donors (Lipinski definition) is 1. The van der Waals surface area contributed by atoms with Crippen LogP contribution in [-0.2, 0) is 0 Å². The van der Waals surface area contributed by atoms with Gasteiger partial charge in [0.2, 0.25) is 0 Å². The summed E-state index contributed by atoms with van der Waals surface area (Å²) in [4.78, 5) is 2.55. The second kappa shape index (κ2) is 6.41. The molecule has 0 aromatic heterocycles. The highest BCUT2D eigenvalue weighted by molar-refractivity contribution is 4.71. The van der Waals surface area contributed by atoms with Crippen LogP contribution in [0.4, 0.5) is 0 Å². The number of hydrogen-bond acceptors (Lipinski definition) is 2. The van der Waals surface area contributed by atoms with Crippen LogP contribution >= 0.6 is 0 Å². The minimum absolute atomic E-state index is 0.157. The Balaban J connectivity index is 2.31. The summed E-state index contributed by atoms with van der Waals surface area (Å²) >= 11 is 0. The van der Waals surface area contributed by atoms with Gasteiger partial charge in [-0.3, -0.25) is 0 Å². The lowest BCUT2D eigenvalue weighted by molar-refractivity contribution is 0.114. The van der Waals surface area contributed by atoms with Crippen LogP contribution in [0.15, 0.2) is 0 Å². The first-order valence-corrected chi connectivity index (χ1v) is 6.12. The van der Waals surface area contributed by atoms with E-state index in [0.717, 1.165) is 6.42 Å². The molecule has 1 aliphatic rings. The van der Waals surface area contributed by atoms with Gasteiger partial charge in [0.1, 0.15) is 0 Å². The Kier molecular flexibility index (Phi) is 5.49. The zero-order valence-corrected chi connectivity index (χ0v) is 9.71. The summed E-state index contributed by atoms with van der Waals surface area (Å²) in [5.41, 5.74) is 0. The molecule has 1 N–H and O–H groups in total. The number of aliphatic hydroxyl groups is 1. The van der Waals surface area contributed by atoms with Crippen molar-refractivity contribution < 1.29 is 5.11 Å². The van der Waals surface area contributed by atoms with Crippen molar-refractivity contribution in [2.24, 2.45) is 0 Å². The van der Waals surface area contributed by atoms with Crippen LogP contribution in [0.25, 0.3) is 0 Å².